The van der Waals surface area contributed by atoms with Gasteiger partial charge in [-0.3, -0.25) is 4.79 Å². The number of nitrogens with one attached hydrogen (secondary N) is 1. The summed E-state index contributed by atoms with van der Waals surface area (Å²) in [6.45, 7) is -0.0660. The third-order valence-corrected chi connectivity index (χ3v) is 3.76. The van der Waals surface area contributed by atoms with Crippen LogP contribution in [-0.4, -0.2) is 37.7 Å². The lowest BCUT2D eigenvalue weighted by Gasteiger charge is -2.05. The maximum atomic E-state index is 11.9. The Morgan fingerprint density at radius 1 is 1.37 bits per heavy atom. The minimum Gasteiger partial charge on any atom is -0.478 e. The van der Waals surface area contributed by atoms with Crippen molar-refractivity contribution in [3.63, 3.8) is 0 Å². The summed E-state index contributed by atoms with van der Waals surface area (Å²) in [7, 11) is -3.89. The number of carboxylic acid groups (broad SMARTS) is 1. The summed E-state index contributed by atoms with van der Waals surface area (Å²) in [6.07, 6.45) is 4.93. The molecular weight excluding hydrogens is 270 g/mol. The van der Waals surface area contributed by atoms with Gasteiger partial charge in [0.15, 0.2) is 9.84 Å². The van der Waals surface area contributed by atoms with Crippen LogP contribution in [0.1, 0.15) is 10.4 Å². The zero-order valence-corrected chi connectivity index (χ0v) is 10.6. The smallest absolute Gasteiger partial charge is 0.335 e. The number of rotatable bonds is 5. The number of benzene rings is 1. The highest BCUT2D eigenvalue weighted by atomic mass is 32.2. The first-order chi connectivity index (χ1) is 8.86. The Labute approximate surface area is 110 Å². The Morgan fingerprint density at radius 2 is 2.05 bits per heavy atom. The van der Waals surface area contributed by atoms with Gasteiger partial charge in [-0.25, -0.2) is 13.2 Å². The van der Waals surface area contributed by atoms with E-state index in [0.29, 0.717) is 0 Å². The Hall–Kier alpha value is -2.33. The van der Waals surface area contributed by atoms with E-state index in [1.165, 1.54) is 18.2 Å². The molecule has 0 radical (unpaired) electrons. The molecule has 6 nitrogen and oxygen atoms in total. The van der Waals surface area contributed by atoms with Crippen molar-refractivity contribution in [1.82, 2.24) is 5.32 Å². The van der Waals surface area contributed by atoms with Crippen molar-refractivity contribution in [3.05, 3.63) is 29.8 Å². The average molecular weight is 281 g/mol. The van der Waals surface area contributed by atoms with E-state index in [1.807, 2.05) is 0 Å². The van der Waals surface area contributed by atoms with Gasteiger partial charge in [0, 0.05) is 0 Å². The second kappa shape index (κ2) is 6.02. The summed E-state index contributed by atoms with van der Waals surface area (Å²) < 4.78 is 23.8. The molecule has 0 bridgehead atoms. The molecule has 7 heteroatoms. The molecule has 0 aliphatic rings. The number of hydrogen-bond acceptors (Lipinski definition) is 4. The topological polar surface area (TPSA) is 101 Å². The summed E-state index contributed by atoms with van der Waals surface area (Å²) in [5, 5.41) is 11.0. The summed E-state index contributed by atoms with van der Waals surface area (Å²) in [5.41, 5.74) is -0.162. The van der Waals surface area contributed by atoms with Gasteiger partial charge >= 0.3 is 5.97 Å². The van der Waals surface area contributed by atoms with Crippen molar-refractivity contribution in [2.24, 2.45) is 0 Å². The molecule has 0 saturated carbocycles. The Balaban J connectivity index is 2.95. The van der Waals surface area contributed by atoms with Crippen LogP contribution >= 0.6 is 0 Å². The van der Waals surface area contributed by atoms with E-state index >= 15 is 0 Å². The molecule has 19 heavy (non-hydrogen) atoms. The van der Waals surface area contributed by atoms with Crippen LogP contribution < -0.4 is 5.32 Å². The summed E-state index contributed by atoms with van der Waals surface area (Å²) >= 11 is 0. The number of carboxylic acids is 1. The standard InChI is InChI=1S/C12H11NO5S/c1-2-6-13-11(14)8-19(17,18)10-5-3-4-9(7-10)12(15)16/h1,3-5,7H,6,8H2,(H,13,14)(H,15,16). The molecule has 1 amide bonds. The number of amides is 1. The van der Waals surface area contributed by atoms with Gasteiger partial charge < -0.3 is 10.4 Å². The van der Waals surface area contributed by atoms with E-state index in [-0.39, 0.29) is 17.0 Å². The Kier molecular flexibility index (Phi) is 4.67. The molecule has 0 aromatic heterocycles. The molecule has 1 aromatic carbocycles. The molecule has 0 aliphatic carbocycles. The molecule has 0 fully saturated rings. The maximum absolute atomic E-state index is 11.9. The first kappa shape index (κ1) is 14.7. The van der Waals surface area contributed by atoms with Crippen molar-refractivity contribution >= 4 is 21.7 Å². The van der Waals surface area contributed by atoms with Crippen LogP contribution in [0.25, 0.3) is 0 Å². The maximum Gasteiger partial charge on any atom is 0.335 e. The van der Waals surface area contributed by atoms with Crippen LogP contribution in [0, 0.1) is 12.3 Å². The van der Waals surface area contributed by atoms with Gasteiger partial charge in [0.1, 0.15) is 5.75 Å². The number of aromatic carboxylic acids is 1. The van der Waals surface area contributed by atoms with Crippen molar-refractivity contribution in [1.29, 1.82) is 0 Å². The fraction of sp³-hybridized carbons (Fsp3) is 0.167. The van der Waals surface area contributed by atoms with Gasteiger partial charge in [0.25, 0.3) is 0 Å². The predicted octanol–water partition coefficient (Wildman–Crippen LogP) is -0.0921. The van der Waals surface area contributed by atoms with Gasteiger partial charge in [-0.05, 0) is 18.2 Å². The van der Waals surface area contributed by atoms with Gasteiger partial charge in [0.05, 0.1) is 17.0 Å². The second-order valence-corrected chi connectivity index (χ2v) is 5.56. The third-order valence-electron chi connectivity index (χ3n) is 2.15. The number of carbonyl (C=O) groups is 2. The van der Waals surface area contributed by atoms with Crippen LogP contribution in [0.3, 0.4) is 0 Å². The second-order valence-electron chi connectivity index (χ2n) is 3.57. The largest absolute Gasteiger partial charge is 0.478 e. The van der Waals surface area contributed by atoms with Gasteiger partial charge in [0.2, 0.25) is 5.91 Å². The van der Waals surface area contributed by atoms with Crippen molar-refractivity contribution in [2.45, 2.75) is 4.90 Å². The number of hydrogen-bond donors (Lipinski definition) is 2. The molecule has 1 aromatic rings. The van der Waals surface area contributed by atoms with Crippen LogP contribution in [0.5, 0.6) is 0 Å². The fourth-order valence-electron chi connectivity index (χ4n) is 1.28. The van der Waals surface area contributed by atoms with Crippen molar-refractivity contribution in [3.8, 4) is 12.3 Å². The Bertz CT molecular complexity index is 642. The zero-order chi connectivity index (χ0) is 14.5. The predicted molar refractivity (Wildman–Crippen MR) is 67.3 cm³/mol. The first-order valence-electron chi connectivity index (χ1n) is 5.13. The van der Waals surface area contributed by atoms with E-state index in [4.69, 9.17) is 11.5 Å². The minimum absolute atomic E-state index is 0.0660. The highest BCUT2D eigenvalue weighted by Gasteiger charge is 2.20. The number of carbonyl (C=O) groups excluding carboxylic acids is 1. The minimum atomic E-state index is -3.89. The summed E-state index contributed by atoms with van der Waals surface area (Å²) in [5.74, 6) is -0.615. The summed E-state index contributed by atoms with van der Waals surface area (Å²) in [6, 6.07) is 4.80. The highest BCUT2D eigenvalue weighted by Crippen LogP contribution is 2.13. The van der Waals surface area contributed by atoms with Gasteiger partial charge in [-0.15, -0.1) is 6.42 Å². The van der Waals surface area contributed by atoms with E-state index in [0.717, 1.165) is 6.07 Å². The Morgan fingerprint density at radius 3 is 2.63 bits per heavy atom. The third kappa shape index (κ3) is 4.12. The van der Waals surface area contributed by atoms with Crippen LogP contribution in [0.4, 0.5) is 0 Å². The van der Waals surface area contributed by atoms with E-state index in [2.05, 4.69) is 11.2 Å². The monoisotopic (exact) mass is 281 g/mol. The van der Waals surface area contributed by atoms with E-state index in [1.54, 1.807) is 0 Å². The number of terminal acetylenes is 1. The van der Waals surface area contributed by atoms with Crippen LogP contribution in [0.15, 0.2) is 29.2 Å². The molecule has 1 rings (SSSR count). The lowest BCUT2D eigenvalue weighted by atomic mass is 10.2. The lowest BCUT2D eigenvalue weighted by molar-refractivity contribution is -0.118. The molecule has 0 unspecified atom stereocenters. The summed E-state index contributed by atoms with van der Waals surface area (Å²) in [4.78, 5) is 21.8. The SMILES string of the molecule is C#CCNC(=O)CS(=O)(=O)c1cccc(C(=O)O)c1. The van der Waals surface area contributed by atoms with E-state index < -0.39 is 27.5 Å². The molecule has 2 N–H and O–H groups in total. The molecule has 0 atom stereocenters. The van der Waals surface area contributed by atoms with E-state index in [9.17, 15) is 18.0 Å². The zero-order valence-electron chi connectivity index (χ0n) is 9.79. The quantitative estimate of drug-likeness (QED) is 0.734. The number of sulfone groups is 1. The normalized spacial score (nSPS) is 10.5. The first-order valence-corrected chi connectivity index (χ1v) is 6.78. The molecule has 0 aliphatic heterocycles. The molecule has 0 heterocycles. The molecule has 0 saturated heterocycles. The van der Waals surface area contributed by atoms with Crippen LogP contribution in [-0.2, 0) is 14.6 Å². The fourth-order valence-corrected chi connectivity index (χ4v) is 2.49. The van der Waals surface area contributed by atoms with Crippen molar-refractivity contribution < 1.29 is 23.1 Å². The van der Waals surface area contributed by atoms with Gasteiger partial charge in [-0.2, -0.15) is 0 Å². The van der Waals surface area contributed by atoms with Crippen LogP contribution in [0.2, 0.25) is 0 Å². The molecule has 0 spiro atoms. The highest BCUT2D eigenvalue weighted by molar-refractivity contribution is 7.92. The molecular formula is C12H11NO5S. The van der Waals surface area contributed by atoms with Gasteiger partial charge in [-0.1, -0.05) is 12.0 Å². The lowest BCUT2D eigenvalue weighted by Crippen LogP contribution is -2.30. The molecule has 100 valence electrons. The average Bonchev–Trinajstić information content (AvgIpc) is 2.36. The van der Waals surface area contributed by atoms with Crippen molar-refractivity contribution in [2.75, 3.05) is 12.3 Å².